The van der Waals surface area contributed by atoms with Crippen molar-refractivity contribution < 1.29 is 27.5 Å². The second-order valence-electron chi connectivity index (χ2n) is 5.77. The van der Waals surface area contributed by atoms with Gasteiger partial charge >= 0.3 is 12.1 Å². The van der Waals surface area contributed by atoms with E-state index in [1.165, 1.54) is 12.1 Å². The van der Waals surface area contributed by atoms with E-state index >= 15 is 0 Å². The van der Waals surface area contributed by atoms with E-state index in [1.807, 2.05) is 0 Å². The van der Waals surface area contributed by atoms with Crippen LogP contribution in [0, 0.1) is 5.92 Å². The molecule has 2 atom stereocenters. The number of esters is 1. The van der Waals surface area contributed by atoms with Crippen molar-refractivity contribution in [3.63, 3.8) is 0 Å². The Morgan fingerprint density at radius 1 is 1.25 bits per heavy atom. The zero-order chi connectivity index (χ0) is 17.7. The zero-order valence-electron chi connectivity index (χ0n) is 13.4. The summed E-state index contributed by atoms with van der Waals surface area (Å²) in [5.74, 6) is -0.647. The second-order valence-corrected chi connectivity index (χ2v) is 5.77. The third-order valence-electron chi connectivity index (χ3n) is 3.96. The van der Waals surface area contributed by atoms with E-state index in [2.05, 4.69) is 5.32 Å². The van der Waals surface area contributed by atoms with Gasteiger partial charge in [0.25, 0.3) is 0 Å². The summed E-state index contributed by atoms with van der Waals surface area (Å²) in [6.45, 7) is 2.45. The maximum absolute atomic E-state index is 12.5. The molecule has 0 saturated heterocycles. The van der Waals surface area contributed by atoms with Crippen LogP contribution >= 0.6 is 0 Å². The number of carbonyl (C=O) groups is 2. The predicted octanol–water partition coefficient (Wildman–Crippen LogP) is 3.27. The van der Waals surface area contributed by atoms with Gasteiger partial charge in [-0.25, -0.2) is 0 Å². The van der Waals surface area contributed by atoms with Gasteiger partial charge in [-0.2, -0.15) is 13.2 Å². The summed E-state index contributed by atoms with van der Waals surface area (Å²) >= 11 is 0. The molecule has 1 amide bonds. The smallest absolute Gasteiger partial charge is 0.416 e. The van der Waals surface area contributed by atoms with Gasteiger partial charge in [-0.3, -0.25) is 9.59 Å². The molecule has 1 saturated carbocycles. The molecule has 4 nitrogen and oxygen atoms in total. The first-order valence-corrected chi connectivity index (χ1v) is 7.93. The molecule has 0 spiro atoms. The normalized spacial score (nSPS) is 19.7. The maximum Gasteiger partial charge on any atom is 0.416 e. The Morgan fingerprint density at radius 3 is 2.50 bits per heavy atom. The SMILES string of the molecule is CCOC(=O)CCCNC(=O)C1CC1c1ccc(C(F)(F)F)cc1. The number of benzene rings is 1. The van der Waals surface area contributed by atoms with Crippen LogP contribution in [-0.2, 0) is 20.5 Å². The molecule has 2 unspecified atom stereocenters. The van der Waals surface area contributed by atoms with Crippen LogP contribution in [0.25, 0.3) is 0 Å². The number of hydrogen-bond donors (Lipinski definition) is 1. The van der Waals surface area contributed by atoms with Crippen LogP contribution in [0.4, 0.5) is 13.2 Å². The molecular weight excluding hydrogens is 323 g/mol. The fourth-order valence-corrected chi connectivity index (χ4v) is 2.58. The van der Waals surface area contributed by atoms with E-state index in [1.54, 1.807) is 6.92 Å². The van der Waals surface area contributed by atoms with Crippen molar-refractivity contribution >= 4 is 11.9 Å². The first-order chi connectivity index (χ1) is 11.3. The zero-order valence-corrected chi connectivity index (χ0v) is 13.4. The number of nitrogens with one attached hydrogen (secondary N) is 1. The van der Waals surface area contributed by atoms with E-state index in [-0.39, 0.29) is 30.1 Å². The molecule has 1 fully saturated rings. The lowest BCUT2D eigenvalue weighted by Gasteiger charge is -2.08. The lowest BCUT2D eigenvalue weighted by molar-refractivity contribution is -0.143. The fraction of sp³-hybridized carbons (Fsp3) is 0.529. The minimum atomic E-state index is -4.35. The molecule has 0 aliphatic heterocycles. The Labute approximate surface area is 138 Å². The van der Waals surface area contributed by atoms with Crippen LogP contribution < -0.4 is 5.32 Å². The number of ether oxygens (including phenoxy) is 1. The van der Waals surface area contributed by atoms with Gasteiger partial charge in [-0.05, 0) is 43.4 Å². The van der Waals surface area contributed by atoms with Crippen LogP contribution in [0.15, 0.2) is 24.3 Å². The summed E-state index contributed by atoms with van der Waals surface area (Å²) in [4.78, 5) is 23.1. The highest BCUT2D eigenvalue weighted by Crippen LogP contribution is 2.47. The Balaban J connectivity index is 1.74. The van der Waals surface area contributed by atoms with E-state index in [9.17, 15) is 22.8 Å². The van der Waals surface area contributed by atoms with Crippen molar-refractivity contribution in [2.75, 3.05) is 13.2 Å². The molecule has 1 aromatic carbocycles. The summed E-state index contributed by atoms with van der Waals surface area (Å²) in [6, 6.07) is 4.95. The molecule has 1 aliphatic rings. The number of halogens is 3. The molecule has 0 bridgehead atoms. The maximum atomic E-state index is 12.5. The van der Waals surface area contributed by atoms with Crippen LogP contribution in [0.1, 0.15) is 43.2 Å². The van der Waals surface area contributed by atoms with Gasteiger partial charge < -0.3 is 10.1 Å². The highest BCUT2D eigenvalue weighted by atomic mass is 19.4. The van der Waals surface area contributed by atoms with Crippen molar-refractivity contribution in [2.24, 2.45) is 5.92 Å². The van der Waals surface area contributed by atoms with Crippen LogP contribution in [0.3, 0.4) is 0 Å². The van der Waals surface area contributed by atoms with Crippen molar-refractivity contribution in [1.29, 1.82) is 0 Å². The van der Waals surface area contributed by atoms with Crippen molar-refractivity contribution in [3.05, 3.63) is 35.4 Å². The lowest BCUT2D eigenvalue weighted by atomic mass is 10.1. The minimum Gasteiger partial charge on any atom is -0.466 e. The quantitative estimate of drug-likeness (QED) is 0.611. The summed E-state index contributed by atoms with van der Waals surface area (Å²) in [7, 11) is 0. The number of rotatable bonds is 7. The fourth-order valence-electron chi connectivity index (χ4n) is 2.58. The van der Waals surface area contributed by atoms with E-state index in [0.717, 1.165) is 17.7 Å². The predicted molar refractivity (Wildman–Crippen MR) is 81.2 cm³/mol. The highest BCUT2D eigenvalue weighted by molar-refractivity contribution is 5.82. The van der Waals surface area contributed by atoms with Gasteiger partial charge in [0.1, 0.15) is 0 Å². The summed E-state index contributed by atoms with van der Waals surface area (Å²) in [6.07, 6.45) is -2.96. The molecule has 7 heteroatoms. The number of alkyl halides is 3. The van der Waals surface area contributed by atoms with E-state index < -0.39 is 11.7 Å². The third kappa shape index (κ3) is 4.97. The molecule has 24 heavy (non-hydrogen) atoms. The van der Waals surface area contributed by atoms with Gasteiger partial charge in [0, 0.05) is 18.9 Å². The summed E-state index contributed by atoms with van der Waals surface area (Å²) < 4.78 is 42.4. The molecule has 0 aromatic heterocycles. The van der Waals surface area contributed by atoms with Gasteiger partial charge in [-0.1, -0.05) is 12.1 Å². The highest BCUT2D eigenvalue weighted by Gasteiger charge is 2.44. The van der Waals surface area contributed by atoms with E-state index in [0.29, 0.717) is 26.0 Å². The number of hydrogen-bond acceptors (Lipinski definition) is 3. The average Bonchev–Trinajstić information content (AvgIpc) is 3.31. The first-order valence-electron chi connectivity index (χ1n) is 7.93. The number of amides is 1. The van der Waals surface area contributed by atoms with Crippen LogP contribution in [-0.4, -0.2) is 25.0 Å². The molecule has 2 rings (SSSR count). The first kappa shape index (κ1) is 18.3. The molecule has 132 valence electrons. The second kappa shape index (κ2) is 7.68. The van der Waals surface area contributed by atoms with Crippen molar-refractivity contribution in [3.8, 4) is 0 Å². The van der Waals surface area contributed by atoms with Crippen molar-refractivity contribution in [2.45, 2.75) is 38.3 Å². The number of carbonyl (C=O) groups excluding carboxylic acids is 2. The summed E-state index contributed by atoms with van der Waals surface area (Å²) in [5.41, 5.74) is 0.0570. The molecule has 1 N–H and O–H groups in total. The summed E-state index contributed by atoms with van der Waals surface area (Å²) in [5, 5.41) is 2.75. The standard InChI is InChI=1S/C17H20F3NO3/c1-2-24-15(22)4-3-9-21-16(23)14-10-13(14)11-5-7-12(8-6-11)17(18,19)20/h5-8,13-14H,2-4,9-10H2,1H3,(H,21,23). The monoisotopic (exact) mass is 343 g/mol. The molecule has 1 aliphatic carbocycles. The molecule has 0 heterocycles. The van der Waals surface area contributed by atoms with Crippen molar-refractivity contribution in [1.82, 2.24) is 5.32 Å². The molecule has 0 radical (unpaired) electrons. The van der Waals surface area contributed by atoms with Crippen LogP contribution in [0.5, 0.6) is 0 Å². The average molecular weight is 343 g/mol. The van der Waals surface area contributed by atoms with E-state index in [4.69, 9.17) is 4.74 Å². The Kier molecular flexibility index (Phi) is 5.85. The van der Waals surface area contributed by atoms with Gasteiger partial charge in [-0.15, -0.1) is 0 Å². The Hall–Kier alpha value is -2.05. The van der Waals surface area contributed by atoms with Crippen LogP contribution in [0.2, 0.25) is 0 Å². The molecular formula is C17H20F3NO3. The lowest BCUT2D eigenvalue weighted by Crippen LogP contribution is -2.27. The molecule has 1 aromatic rings. The van der Waals surface area contributed by atoms with Gasteiger partial charge in [0.15, 0.2) is 0 Å². The Morgan fingerprint density at radius 2 is 1.92 bits per heavy atom. The third-order valence-corrected chi connectivity index (χ3v) is 3.96. The topological polar surface area (TPSA) is 55.4 Å². The minimum absolute atomic E-state index is 0.0302. The van der Waals surface area contributed by atoms with Gasteiger partial charge in [0.2, 0.25) is 5.91 Å². The Bertz CT molecular complexity index is 584. The largest absolute Gasteiger partial charge is 0.466 e. The van der Waals surface area contributed by atoms with Gasteiger partial charge in [0.05, 0.1) is 12.2 Å².